The van der Waals surface area contributed by atoms with Gasteiger partial charge in [-0.15, -0.1) is 16.4 Å². The zero-order valence-corrected chi connectivity index (χ0v) is 15.0. The summed E-state index contributed by atoms with van der Waals surface area (Å²) in [4.78, 5) is 26.2. The fourth-order valence-corrected chi connectivity index (χ4v) is 5.02. The Balaban J connectivity index is 1.63. The van der Waals surface area contributed by atoms with Crippen LogP contribution in [0.1, 0.15) is 34.4 Å². The Morgan fingerprint density at radius 2 is 2.20 bits per heavy atom. The van der Waals surface area contributed by atoms with E-state index in [1.165, 1.54) is 16.9 Å². The van der Waals surface area contributed by atoms with Gasteiger partial charge in [0.25, 0.3) is 5.91 Å². The highest BCUT2D eigenvalue weighted by Crippen LogP contribution is 2.38. The normalized spacial score (nSPS) is 21.0. The molecule has 0 aromatic carbocycles. The van der Waals surface area contributed by atoms with Crippen molar-refractivity contribution in [1.82, 2.24) is 29.8 Å². The number of carbonyl (C=O) groups excluding carboxylic acids is 1. The minimum atomic E-state index is -0.0872. The molecular weight excluding hydrogens is 336 g/mol. The summed E-state index contributed by atoms with van der Waals surface area (Å²) >= 11 is 1.77. The van der Waals surface area contributed by atoms with E-state index in [0.29, 0.717) is 19.0 Å². The molecular formula is C17H20N6OS. The van der Waals surface area contributed by atoms with Crippen molar-refractivity contribution in [2.75, 3.05) is 26.2 Å². The van der Waals surface area contributed by atoms with E-state index in [1.54, 1.807) is 22.2 Å². The first-order valence-corrected chi connectivity index (χ1v) is 9.68. The molecule has 0 spiro atoms. The Labute approximate surface area is 149 Å². The second-order valence-corrected chi connectivity index (χ2v) is 8.11. The van der Waals surface area contributed by atoms with Gasteiger partial charge in [0.1, 0.15) is 11.2 Å². The molecule has 0 bridgehead atoms. The maximum atomic E-state index is 12.7. The van der Waals surface area contributed by atoms with Crippen molar-refractivity contribution in [3.8, 4) is 0 Å². The van der Waals surface area contributed by atoms with E-state index < -0.39 is 0 Å². The molecule has 1 unspecified atom stereocenters. The lowest BCUT2D eigenvalue weighted by Gasteiger charge is -2.26. The Bertz CT molecular complexity index is 970. The number of nitrogens with one attached hydrogen (secondary N) is 1. The van der Waals surface area contributed by atoms with Gasteiger partial charge in [-0.05, 0) is 30.7 Å². The zero-order chi connectivity index (χ0) is 17.0. The number of carbonyl (C=O) groups is 1. The first-order valence-electron chi connectivity index (χ1n) is 8.86. The Hall–Kier alpha value is -2.06. The van der Waals surface area contributed by atoms with Crippen LogP contribution in [-0.2, 0) is 12.8 Å². The number of nitrogens with zero attached hydrogens (tertiary/aromatic N) is 5. The van der Waals surface area contributed by atoms with Crippen LogP contribution in [0.25, 0.3) is 15.9 Å². The lowest BCUT2D eigenvalue weighted by molar-refractivity contribution is 0.0723. The van der Waals surface area contributed by atoms with E-state index in [9.17, 15) is 4.79 Å². The molecule has 3 aromatic heterocycles. The smallest absolute Gasteiger partial charge is 0.293 e. The predicted molar refractivity (Wildman–Crippen MR) is 96.1 cm³/mol. The molecule has 1 atom stereocenters. The highest BCUT2D eigenvalue weighted by atomic mass is 32.1. The van der Waals surface area contributed by atoms with Crippen LogP contribution in [0.3, 0.4) is 0 Å². The van der Waals surface area contributed by atoms with Gasteiger partial charge in [-0.25, -0.2) is 14.5 Å². The molecule has 130 valence electrons. The summed E-state index contributed by atoms with van der Waals surface area (Å²) in [6.07, 6.45) is 5.09. The first kappa shape index (κ1) is 15.2. The molecule has 1 fully saturated rings. The van der Waals surface area contributed by atoms with Crippen LogP contribution in [0.5, 0.6) is 0 Å². The number of thiophene rings is 1. The molecule has 7 nitrogen and oxygen atoms in total. The molecule has 4 heterocycles. The quantitative estimate of drug-likeness (QED) is 0.715. The number of fused-ring (bicyclic) bond motifs is 5. The summed E-state index contributed by atoms with van der Waals surface area (Å²) in [5.41, 5.74) is 2.14. The van der Waals surface area contributed by atoms with E-state index in [0.717, 1.165) is 41.8 Å². The van der Waals surface area contributed by atoms with Crippen LogP contribution >= 0.6 is 11.3 Å². The number of rotatable bonds is 1. The van der Waals surface area contributed by atoms with Gasteiger partial charge in [0.2, 0.25) is 5.82 Å². The standard InChI is InChI=1S/C17H20N6OS/c1-10-2-3-12-11(8-10)13-15-20-14(17(24)22-6-4-18-5-7-22)21-23(15)9-19-16(13)25-12/h9-10,18H,2-8H2,1H3. The average molecular weight is 356 g/mol. The van der Waals surface area contributed by atoms with Crippen LogP contribution < -0.4 is 5.32 Å². The van der Waals surface area contributed by atoms with E-state index in [2.05, 4.69) is 27.3 Å². The van der Waals surface area contributed by atoms with Crippen molar-refractivity contribution in [3.63, 3.8) is 0 Å². The van der Waals surface area contributed by atoms with Crippen molar-refractivity contribution >= 4 is 33.1 Å². The summed E-state index contributed by atoms with van der Waals surface area (Å²) in [5, 5.41) is 8.78. The lowest BCUT2D eigenvalue weighted by atomic mass is 9.89. The van der Waals surface area contributed by atoms with E-state index >= 15 is 0 Å². The Morgan fingerprint density at radius 3 is 3.04 bits per heavy atom. The Kier molecular flexibility index (Phi) is 3.49. The summed E-state index contributed by atoms with van der Waals surface area (Å²) in [6, 6.07) is 0. The molecule has 0 radical (unpaired) electrons. The second-order valence-electron chi connectivity index (χ2n) is 7.02. The monoisotopic (exact) mass is 356 g/mol. The maximum Gasteiger partial charge on any atom is 0.293 e. The van der Waals surface area contributed by atoms with Crippen LogP contribution in [0, 0.1) is 5.92 Å². The SMILES string of the molecule is CC1CCc2sc3ncn4nc(C(=O)N5CCNCC5)nc4c3c2C1. The highest BCUT2D eigenvalue weighted by molar-refractivity contribution is 7.19. The van der Waals surface area contributed by atoms with E-state index in [1.807, 2.05) is 4.90 Å². The van der Waals surface area contributed by atoms with Crippen LogP contribution in [0.2, 0.25) is 0 Å². The topological polar surface area (TPSA) is 75.4 Å². The van der Waals surface area contributed by atoms with Crippen molar-refractivity contribution in [3.05, 3.63) is 22.6 Å². The van der Waals surface area contributed by atoms with Crippen molar-refractivity contribution in [1.29, 1.82) is 0 Å². The van der Waals surface area contributed by atoms with Crippen LogP contribution in [0.15, 0.2) is 6.33 Å². The lowest BCUT2D eigenvalue weighted by Crippen LogP contribution is -2.46. The minimum absolute atomic E-state index is 0.0872. The third-order valence-electron chi connectivity index (χ3n) is 5.22. The molecule has 0 saturated carbocycles. The molecule has 5 rings (SSSR count). The van der Waals surface area contributed by atoms with Gasteiger partial charge in [0.15, 0.2) is 5.65 Å². The number of piperazine rings is 1. The third-order valence-corrected chi connectivity index (χ3v) is 6.42. The van der Waals surface area contributed by atoms with E-state index in [-0.39, 0.29) is 11.7 Å². The summed E-state index contributed by atoms with van der Waals surface area (Å²) in [6.45, 7) is 5.34. The first-order chi connectivity index (χ1) is 12.2. The van der Waals surface area contributed by atoms with Gasteiger partial charge in [0.05, 0.1) is 5.39 Å². The molecule has 1 aliphatic heterocycles. The van der Waals surface area contributed by atoms with Gasteiger partial charge in [0, 0.05) is 31.1 Å². The molecule has 1 saturated heterocycles. The van der Waals surface area contributed by atoms with Crippen molar-refractivity contribution in [2.45, 2.75) is 26.2 Å². The van der Waals surface area contributed by atoms with E-state index in [4.69, 9.17) is 0 Å². The van der Waals surface area contributed by atoms with Gasteiger partial charge in [-0.3, -0.25) is 4.79 Å². The number of amides is 1. The third kappa shape index (κ3) is 2.43. The van der Waals surface area contributed by atoms with Gasteiger partial charge < -0.3 is 10.2 Å². The molecule has 2 aliphatic rings. The van der Waals surface area contributed by atoms with Gasteiger partial charge in [-0.1, -0.05) is 6.92 Å². The minimum Gasteiger partial charge on any atom is -0.333 e. The Morgan fingerprint density at radius 1 is 1.36 bits per heavy atom. The maximum absolute atomic E-state index is 12.7. The van der Waals surface area contributed by atoms with Crippen molar-refractivity contribution in [2.24, 2.45) is 5.92 Å². The van der Waals surface area contributed by atoms with Crippen LogP contribution in [0.4, 0.5) is 0 Å². The molecule has 1 amide bonds. The molecule has 25 heavy (non-hydrogen) atoms. The molecule has 3 aromatic rings. The summed E-state index contributed by atoms with van der Waals surface area (Å²) < 4.78 is 1.67. The highest BCUT2D eigenvalue weighted by Gasteiger charge is 2.26. The summed E-state index contributed by atoms with van der Waals surface area (Å²) in [5.74, 6) is 0.867. The average Bonchev–Trinajstić information content (AvgIpc) is 3.22. The summed E-state index contributed by atoms with van der Waals surface area (Å²) in [7, 11) is 0. The second kappa shape index (κ2) is 5.74. The van der Waals surface area contributed by atoms with Crippen LogP contribution in [-0.4, -0.2) is 56.6 Å². The number of aryl methyl sites for hydroxylation is 1. The number of aromatic nitrogens is 4. The predicted octanol–water partition coefficient (Wildman–Crippen LogP) is 1.51. The number of hydrogen-bond acceptors (Lipinski definition) is 6. The van der Waals surface area contributed by atoms with Gasteiger partial charge in [-0.2, -0.15) is 0 Å². The fraction of sp³-hybridized carbons (Fsp3) is 0.529. The van der Waals surface area contributed by atoms with Crippen molar-refractivity contribution < 1.29 is 4.79 Å². The van der Waals surface area contributed by atoms with Gasteiger partial charge >= 0.3 is 0 Å². The zero-order valence-electron chi connectivity index (χ0n) is 14.2. The largest absolute Gasteiger partial charge is 0.333 e. The molecule has 1 N–H and O–H groups in total. The fourth-order valence-electron chi connectivity index (χ4n) is 3.85. The molecule has 1 aliphatic carbocycles. The molecule has 8 heteroatoms. The number of hydrogen-bond donors (Lipinski definition) is 1.